The van der Waals surface area contributed by atoms with Crippen LogP contribution in [0.15, 0.2) is 18.2 Å². The SMILES string of the molecule is Cc1c(Nc2cc([C@@H]3CC[C@H](OC(=O)NC(C)C)C3)[nH]n2)ccc2c1CS(=O)(=O)C2. The van der Waals surface area contributed by atoms with Crippen LogP contribution in [0.3, 0.4) is 0 Å². The number of H-pyrrole nitrogens is 1. The third-order valence-electron chi connectivity index (χ3n) is 5.80. The van der Waals surface area contributed by atoms with Gasteiger partial charge in [0.2, 0.25) is 0 Å². The first-order valence-corrected chi connectivity index (χ1v) is 12.1. The number of aromatic amines is 1. The van der Waals surface area contributed by atoms with Gasteiger partial charge in [0.15, 0.2) is 15.7 Å². The van der Waals surface area contributed by atoms with Crippen LogP contribution < -0.4 is 10.6 Å². The molecular formula is C21H28N4O4S. The highest BCUT2D eigenvalue weighted by molar-refractivity contribution is 7.90. The van der Waals surface area contributed by atoms with Crippen molar-refractivity contribution in [3.05, 3.63) is 40.6 Å². The third-order valence-corrected chi connectivity index (χ3v) is 7.28. The fraction of sp³-hybridized carbons (Fsp3) is 0.524. The number of carbonyl (C=O) groups excluding carboxylic acids is 1. The lowest BCUT2D eigenvalue weighted by molar-refractivity contribution is 0.0981. The predicted molar refractivity (Wildman–Crippen MR) is 115 cm³/mol. The van der Waals surface area contributed by atoms with E-state index in [2.05, 4.69) is 20.8 Å². The molecule has 2 aromatic rings. The number of alkyl carbamates (subject to hydrolysis) is 1. The molecule has 0 saturated heterocycles. The Morgan fingerprint density at radius 1 is 1.27 bits per heavy atom. The van der Waals surface area contributed by atoms with E-state index in [9.17, 15) is 13.2 Å². The highest BCUT2D eigenvalue weighted by atomic mass is 32.2. The smallest absolute Gasteiger partial charge is 0.407 e. The second-order valence-electron chi connectivity index (χ2n) is 8.58. The van der Waals surface area contributed by atoms with E-state index in [1.165, 1.54) is 0 Å². The van der Waals surface area contributed by atoms with Crippen molar-refractivity contribution < 1.29 is 17.9 Å². The number of fused-ring (bicyclic) bond motifs is 1. The molecule has 30 heavy (non-hydrogen) atoms. The zero-order chi connectivity index (χ0) is 21.5. The quantitative estimate of drug-likeness (QED) is 0.664. The molecule has 1 aliphatic heterocycles. The molecule has 0 unspecified atom stereocenters. The summed E-state index contributed by atoms with van der Waals surface area (Å²) in [6, 6.07) is 5.82. The number of rotatable bonds is 5. The molecule has 1 aliphatic carbocycles. The van der Waals surface area contributed by atoms with Crippen LogP contribution >= 0.6 is 0 Å². The van der Waals surface area contributed by atoms with Crippen molar-refractivity contribution in [1.29, 1.82) is 0 Å². The van der Waals surface area contributed by atoms with E-state index in [1.54, 1.807) is 0 Å². The molecule has 162 valence electrons. The van der Waals surface area contributed by atoms with E-state index in [-0.39, 0.29) is 35.7 Å². The summed E-state index contributed by atoms with van der Waals surface area (Å²) in [5.74, 6) is 1.17. The summed E-state index contributed by atoms with van der Waals surface area (Å²) in [6.45, 7) is 5.75. The van der Waals surface area contributed by atoms with Crippen molar-refractivity contribution >= 4 is 27.4 Å². The van der Waals surface area contributed by atoms with Gasteiger partial charge in [0.05, 0.1) is 11.5 Å². The molecule has 0 spiro atoms. The van der Waals surface area contributed by atoms with Gasteiger partial charge < -0.3 is 15.4 Å². The van der Waals surface area contributed by atoms with E-state index in [4.69, 9.17) is 4.74 Å². The summed E-state index contributed by atoms with van der Waals surface area (Å²) in [4.78, 5) is 11.8. The van der Waals surface area contributed by atoms with Gasteiger partial charge in [0, 0.05) is 29.4 Å². The first-order valence-electron chi connectivity index (χ1n) is 10.3. The molecule has 4 rings (SSSR count). The summed E-state index contributed by atoms with van der Waals surface area (Å²) in [5, 5.41) is 13.5. The molecule has 3 N–H and O–H groups in total. The van der Waals surface area contributed by atoms with Crippen LogP contribution in [0.25, 0.3) is 0 Å². The zero-order valence-electron chi connectivity index (χ0n) is 17.5. The number of nitrogens with one attached hydrogen (secondary N) is 3. The normalized spacial score (nSPS) is 22.1. The number of ether oxygens (including phenoxy) is 1. The lowest BCUT2D eigenvalue weighted by atomic mass is 10.0. The van der Waals surface area contributed by atoms with Crippen LogP contribution in [-0.4, -0.2) is 36.9 Å². The fourth-order valence-corrected chi connectivity index (χ4v) is 5.98. The predicted octanol–water partition coefficient (Wildman–Crippen LogP) is 3.66. The number of hydrogen-bond acceptors (Lipinski definition) is 6. The van der Waals surface area contributed by atoms with Crippen molar-refractivity contribution in [2.45, 2.75) is 69.6 Å². The van der Waals surface area contributed by atoms with Crippen molar-refractivity contribution in [1.82, 2.24) is 15.5 Å². The van der Waals surface area contributed by atoms with Gasteiger partial charge in [-0.05, 0) is 62.8 Å². The van der Waals surface area contributed by atoms with E-state index in [0.29, 0.717) is 5.82 Å². The Morgan fingerprint density at radius 2 is 2.07 bits per heavy atom. The van der Waals surface area contributed by atoms with Crippen LogP contribution in [0.5, 0.6) is 0 Å². The Balaban J connectivity index is 1.40. The first kappa shape index (κ1) is 20.7. The number of sulfone groups is 1. The molecule has 0 radical (unpaired) electrons. The highest BCUT2D eigenvalue weighted by Crippen LogP contribution is 2.37. The largest absolute Gasteiger partial charge is 0.446 e. The van der Waals surface area contributed by atoms with Gasteiger partial charge in [0.1, 0.15) is 6.10 Å². The molecule has 2 aliphatic rings. The average molecular weight is 433 g/mol. The van der Waals surface area contributed by atoms with E-state index in [1.807, 2.05) is 39.0 Å². The average Bonchev–Trinajstić information content (AvgIpc) is 3.35. The minimum Gasteiger partial charge on any atom is -0.446 e. The zero-order valence-corrected chi connectivity index (χ0v) is 18.3. The lowest BCUT2D eigenvalue weighted by Crippen LogP contribution is -2.33. The van der Waals surface area contributed by atoms with Crippen molar-refractivity contribution in [2.75, 3.05) is 5.32 Å². The topological polar surface area (TPSA) is 113 Å². The van der Waals surface area contributed by atoms with Gasteiger partial charge in [0.25, 0.3) is 0 Å². The standard InChI is InChI=1S/C21H28N4O4S/c1-12(2)22-21(26)29-16-6-4-14(8-16)19-9-20(25-24-19)23-18-7-5-15-10-30(27,28)11-17(15)13(18)3/h5,7,9,12,14,16H,4,6,8,10-11H2,1-3H3,(H,22,26)(H2,23,24,25)/t14-,16+/m1/s1. The maximum absolute atomic E-state index is 11.9. The first-order chi connectivity index (χ1) is 14.2. The van der Waals surface area contributed by atoms with Gasteiger partial charge >= 0.3 is 6.09 Å². The molecule has 8 nitrogen and oxygen atoms in total. The van der Waals surface area contributed by atoms with Gasteiger partial charge in [-0.3, -0.25) is 5.10 Å². The van der Waals surface area contributed by atoms with Crippen LogP contribution in [0.4, 0.5) is 16.3 Å². The Labute approximate surface area is 176 Å². The van der Waals surface area contributed by atoms with E-state index in [0.717, 1.165) is 47.3 Å². The van der Waals surface area contributed by atoms with Gasteiger partial charge in [-0.1, -0.05) is 6.07 Å². The Morgan fingerprint density at radius 3 is 2.83 bits per heavy atom. The highest BCUT2D eigenvalue weighted by Gasteiger charge is 2.30. The molecular weight excluding hydrogens is 404 g/mol. The number of aromatic nitrogens is 2. The summed E-state index contributed by atoms with van der Waals surface area (Å²) in [5.41, 5.74) is 4.60. The fourth-order valence-electron chi connectivity index (χ4n) is 4.29. The Kier molecular flexibility index (Phi) is 5.48. The molecule has 9 heteroatoms. The molecule has 1 saturated carbocycles. The Hall–Kier alpha value is -2.55. The third kappa shape index (κ3) is 4.45. The van der Waals surface area contributed by atoms with E-state index >= 15 is 0 Å². The minimum atomic E-state index is -3.04. The second-order valence-corrected chi connectivity index (χ2v) is 10.6. The molecule has 1 fully saturated rings. The number of nitrogens with zero attached hydrogens (tertiary/aromatic N) is 1. The number of carbonyl (C=O) groups is 1. The Bertz CT molecular complexity index is 1060. The summed E-state index contributed by atoms with van der Waals surface area (Å²) in [6.07, 6.45) is 2.07. The number of anilines is 2. The maximum Gasteiger partial charge on any atom is 0.407 e. The molecule has 0 bridgehead atoms. The molecule has 2 heterocycles. The van der Waals surface area contributed by atoms with Crippen LogP contribution in [0, 0.1) is 6.92 Å². The van der Waals surface area contributed by atoms with Gasteiger partial charge in [-0.2, -0.15) is 5.10 Å². The summed E-state index contributed by atoms with van der Waals surface area (Å²) >= 11 is 0. The van der Waals surface area contributed by atoms with Gasteiger partial charge in [-0.15, -0.1) is 0 Å². The van der Waals surface area contributed by atoms with E-state index < -0.39 is 9.84 Å². The lowest BCUT2D eigenvalue weighted by Gasteiger charge is -2.14. The van der Waals surface area contributed by atoms with Crippen molar-refractivity contribution in [3.63, 3.8) is 0 Å². The van der Waals surface area contributed by atoms with Crippen molar-refractivity contribution in [2.24, 2.45) is 0 Å². The molecule has 2 atom stereocenters. The number of hydrogen-bond donors (Lipinski definition) is 3. The maximum atomic E-state index is 11.9. The van der Waals surface area contributed by atoms with Crippen LogP contribution in [0.1, 0.15) is 61.4 Å². The second kappa shape index (κ2) is 7.94. The number of benzene rings is 1. The summed E-state index contributed by atoms with van der Waals surface area (Å²) < 4.78 is 29.4. The monoisotopic (exact) mass is 432 g/mol. The molecule has 1 aromatic carbocycles. The van der Waals surface area contributed by atoms with Crippen molar-refractivity contribution in [3.8, 4) is 0 Å². The van der Waals surface area contributed by atoms with Crippen LogP contribution in [-0.2, 0) is 26.1 Å². The molecule has 1 aromatic heterocycles. The van der Waals surface area contributed by atoms with Gasteiger partial charge in [-0.25, -0.2) is 13.2 Å². The molecule has 1 amide bonds. The van der Waals surface area contributed by atoms with Crippen LogP contribution in [0.2, 0.25) is 0 Å². The summed E-state index contributed by atoms with van der Waals surface area (Å²) in [7, 11) is -3.04. The minimum absolute atomic E-state index is 0.0544. The number of amides is 1.